The van der Waals surface area contributed by atoms with Crippen LogP contribution in [0.4, 0.5) is 20.2 Å². The molecule has 0 aliphatic heterocycles. The number of nitrogens with one attached hydrogen (secondary N) is 1. The molecule has 0 aromatic heterocycles. The van der Waals surface area contributed by atoms with E-state index in [4.69, 9.17) is 16.3 Å². The fourth-order valence-electron chi connectivity index (χ4n) is 1.91. The van der Waals surface area contributed by atoms with Crippen LogP contribution in [-0.2, 0) is 9.53 Å². The first-order valence-electron chi connectivity index (χ1n) is 7.10. The molecule has 26 heavy (non-hydrogen) atoms. The van der Waals surface area contributed by atoms with Gasteiger partial charge >= 0.3 is 11.7 Å². The van der Waals surface area contributed by atoms with E-state index in [-0.39, 0.29) is 16.3 Å². The highest BCUT2D eigenvalue weighted by atomic mass is 35.5. The molecule has 0 heterocycles. The Morgan fingerprint density at radius 1 is 1.23 bits per heavy atom. The van der Waals surface area contributed by atoms with E-state index in [0.29, 0.717) is 0 Å². The van der Waals surface area contributed by atoms with Crippen LogP contribution in [0.15, 0.2) is 36.4 Å². The van der Waals surface area contributed by atoms with Gasteiger partial charge in [0.25, 0.3) is 5.91 Å². The molecule has 0 aliphatic rings. The van der Waals surface area contributed by atoms with Gasteiger partial charge in [-0.3, -0.25) is 14.9 Å². The van der Waals surface area contributed by atoms with Gasteiger partial charge in [0.1, 0.15) is 5.82 Å². The van der Waals surface area contributed by atoms with Crippen LogP contribution in [-0.4, -0.2) is 22.9 Å². The molecule has 0 bridgehead atoms. The highest BCUT2D eigenvalue weighted by molar-refractivity contribution is 6.33. The minimum Gasteiger partial charge on any atom is -0.449 e. The van der Waals surface area contributed by atoms with Gasteiger partial charge in [-0.2, -0.15) is 4.39 Å². The van der Waals surface area contributed by atoms with Crippen molar-refractivity contribution >= 4 is 34.9 Å². The zero-order chi connectivity index (χ0) is 19.4. The standard InChI is InChI=1S/C16H11ClF2N2O5/c1-8(26-16(23)11-4-2-9(18)6-12(11)17)15(22)20-10-3-5-13(19)14(7-10)21(24)25/h2-8H,1H3,(H,20,22)/t8-/m1/s1. The molecule has 2 rings (SSSR count). The van der Waals surface area contributed by atoms with Gasteiger partial charge in [0.05, 0.1) is 15.5 Å². The number of ether oxygens (including phenoxy) is 1. The molecule has 2 aromatic carbocycles. The first-order chi connectivity index (χ1) is 12.2. The predicted molar refractivity (Wildman–Crippen MR) is 88.0 cm³/mol. The number of hydrogen-bond donors (Lipinski definition) is 1. The Morgan fingerprint density at radius 2 is 1.92 bits per heavy atom. The number of carbonyl (C=O) groups excluding carboxylic acids is 2. The van der Waals surface area contributed by atoms with Crippen molar-refractivity contribution in [3.63, 3.8) is 0 Å². The zero-order valence-electron chi connectivity index (χ0n) is 13.2. The van der Waals surface area contributed by atoms with E-state index < -0.39 is 40.2 Å². The van der Waals surface area contributed by atoms with E-state index in [0.717, 1.165) is 36.4 Å². The number of hydrogen-bond acceptors (Lipinski definition) is 5. The topological polar surface area (TPSA) is 98.5 Å². The van der Waals surface area contributed by atoms with Crippen LogP contribution in [0.2, 0.25) is 5.02 Å². The monoisotopic (exact) mass is 384 g/mol. The van der Waals surface area contributed by atoms with Gasteiger partial charge in [0.2, 0.25) is 5.82 Å². The number of carbonyl (C=O) groups is 2. The summed E-state index contributed by atoms with van der Waals surface area (Å²) in [7, 11) is 0. The second kappa shape index (κ2) is 7.87. The van der Waals surface area contributed by atoms with Crippen molar-refractivity contribution in [2.45, 2.75) is 13.0 Å². The number of nitro benzene ring substituents is 1. The summed E-state index contributed by atoms with van der Waals surface area (Å²) >= 11 is 5.74. The Morgan fingerprint density at radius 3 is 2.54 bits per heavy atom. The van der Waals surface area contributed by atoms with Gasteiger partial charge in [0, 0.05) is 11.8 Å². The fraction of sp³-hybridized carbons (Fsp3) is 0.125. The second-order valence-electron chi connectivity index (χ2n) is 5.08. The van der Waals surface area contributed by atoms with Crippen LogP contribution in [0.25, 0.3) is 0 Å². The molecule has 0 fully saturated rings. The van der Waals surface area contributed by atoms with Crippen LogP contribution >= 0.6 is 11.6 Å². The molecule has 136 valence electrons. The molecule has 0 unspecified atom stereocenters. The molecule has 7 nitrogen and oxygen atoms in total. The number of benzene rings is 2. The number of nitrogens with zero attached hydrogens (tertiary/aromatic N) is 1. The van der Waals surface area contributed by atoms with E-state index >= 15 is 0 Å². The van der Waals surface area contributed by atoms with Crippen molar-refractivity contribution < 1.29 is 28.0 Å². The van der Waals surface area contributed by atoms with Gasteiger partial charge in [-0.05, 0) is 37.3 Å². The highest BCUT2D eigenvalue weighted by Gasteiger charge is 2.22. The minimum absolute atomic E-state index is 0.0502. The van der Waals surface area contributed by atoms with Crippen molar-refractivity contribution in [3.8, 4) is 0 Å². The molecule has 0 radical (unpaired) electrons. The lowest BCUT2D eigenvalue weighted by molar-refractivity contribution is -0.387. The van der Waals surface area contributed by atoms with Crippen LogP contribution in [0.1, 0.15) is 17.3 Å². The number of rotatable bonds is 5. The van der Waals surface area contributed by atoms with Crippen molar-refractivity contribution in [2.75, 3.05) is 5.32 Å². The summed E-state index contributed by atoms with van der Waals surface area (Å²) in [6.45, 7) is 1.25. The number of esters is 1. The summed E-state index contributed by atoms with van der Waals surface area (Å²) in [5.74, 6) is -3.46. The third kappa shape index (κ3) is 4.51. The maximum atomic E-state index is 13.3. The van der Waals surface area contributed by atoms with Gasteiger partial charge in [0.15, 0.2) is 6.10 Å². The van der Waals surface area contributed by atoms with E-state index in [9.17, 15) is 28.5 Å². The smallest absolute Gasteiger partial charge is 0.340 e. The first-order valence-corrected chi connectivity index (χ1v) is 7.47. The van der Waals surface area contributed by atoms with Crippen molar-refractivity contribution in [3.05, 3.63) is 68.7 Å². The summed E-state index contributed by atoms with van der Waals surface area (Å²) in [6, 6.07) is 5.80. The van der Waals surface area contributed by atoms with E-state index in [1.54, 1.807) is 0 Å². The SMILES string of the molecule is C[C@@H](OC(=O)c1ccc(F)cc1Cl)C(=O)Nc1ccc(F)c([N+](=O)[O-])c1. The quantitative estimate of drug-likeness (QED) is 0.481. The molecular formula is C16H11ClF2N2O5. The molecule has 10 heteroatoms. The lowest BCUT2D eigenvalue weighted by atomic mass is 10.2. The first kappa shape index (κ1) is 19.3. The Labute approximate surface area is 150 Å². The third-order valence-corrected chi connectivity index (χ3v) is 3.53. The Hall–Kier alpha value is -3.07. The third-order valence-electron chi connectivity index (χ3n) is 3.21. The molecule has 0 aliphatic carbocycles. The van der Waals surface area contributed by atoms with Crippen molar-refractivity contribution in [1.82, 2.24) is 0 Å². The van der Waals surface area contributed by atoms with E-state index in [2.05, 4.69) is 5.32 Å². The second-order valence-corrected chi connectivity index (χ2v) is 5.49. The van der Waals surface area contributed by atoms with Crippen molar-refractivity contribution in [2.24, 2.45) is 0 Å². The fourth-order valence-corrected chi connectivity index (χ4v) is 2.15. The molecule has 0 saturated heterocycles. The number of halogens is 3. The Kier molecular flexibility index (Phi) is 5.83. The van der Waals surface area contributed by atoms with Crippen LogP contribution in [0.3, 0.4) is 0 Å². The largest absolute Gasteiger partial charge is 0.449 e. The van der Waals surface area contributed by atoms with E-state index in [1.165, 1.54) is 6.92 Å². The lowest BCUT2D eigenvalue weighted by Gasteiger charge is -2.14. The predicted octanol–water partition coefficient (Wildman–Crippen LogP) is 3.71. The summed E-state index contributed by atoms with van der Waals surface area (Å²) in [6.07, 6.45) is -1.30. The summed E-state index contributed by atoms with van der Waals surface area (Å²) in [5.41, 5.74) is -0.999. The normalized spacial score (nSPS) is 11.5. The molecule has 0 spiro atoms. The van der Waals surface area contributed by atoms with Gasteiger partial charge < -0.3 is 10.1 Å². The average Bonchev–Trinajstić information content (AvgIpc) is 2.55. The van der Waals surface area contributed by atoms with Crippen LogP contribution < -0.4 is 5.32 Å². The van der Waals surface area contributed by atoms with Gasteiger partial charge in [-0.25, -0.2) is 9.18 Å². The maximum absolute atomic E-state index is 13.3. The molecular weight excluding hydrogens is 374 g/mol. The number of amides is 1. The summed E-state index contributed by atoms with van der Waals surface area (Å²) in [4.78, 5) is 33.8. The van der Waals surface area contributed by atoms with Crippen LogP contribution in [0, 0.1) is 21.7 Å². The molecule has 2 aromatic rings. The van der Waals surface area contributed by atoms with Crippen LogP contribution in [0.5, 0.6) is 0 Å². The van der Waals surface area contributed by atoms with E-state index in [1.807, 2.05) is 0 Å². The average molecular weight is 385 g/mol. The Bertz CT molecular complexity index is 891. The number of nitro groups is 1. The molecule has 0 saturated carbocycles. The molecule has 1 amide bonds. The van der Waals surface area contributed by atoms with Gasteiger partial charge in [-0.15, -0.1) is 0 Å². The molecule has 1 N–H and O–H groups in total. The number of anilines is 1. The maximum Gasteiger partial charge on any atom is 0.340 e. The summed E-state index contributed by atoms with van der Waals surface area (Å²) in [5, 5.41) is 12.8. The highest BCUT2D eigenvalue weighted by Crippen LogP contribution is 2.22. The summed E-state index contributed by atoms with van der Waals surface area (Å²) < 4.78 is 31.2. The zero-order valence-corrected chi connectivity index (χ0v) is 13.9. The Balaban J connectivity index is 2.07. The molecule has 1 atom stereocenters. The van der Waals surface area contributed by atoms with Crippen molar-refractivity contribution in [1.29, 1.82) is 0 Å². The minimum atomic E-state index is -1.30. The lowest BCUT2D eigenvalue weighted by Crippen LogP contribution is -2.30. The van der Waals surface area contributed by atoms with Gasteiger partial charge in [-0.1, -0.05) is 11.6 Å².